The summed E-state index contributed by atoms with van der Waals surface area (Å²) in [6.45, 7) is 4.20. The van der Waals surface area contributed by atoms with Gasteiger partial charge in [-0.05, 0) is 48.1 Å². The number of fused-ring (bicyclic) bond motifs is 2. The summed E-state index contributed by atoms with van der Waals surface area (Å²) in [4.78, 5) is 8.68. The number of rotatable bonds is 2. The van der Waals surface area contributed by atoms with E-state index in [1.807, 2.05) is 23.1 Å². The van der Waals surface area contributed by atoms with Crippen LogP contribution in [-0.2, 0) is 0 Å². The maximum Gasteiger partial charge on any atom is 0.168 e. The predicted molar refractivity (Wildman–Crippen MR) is 92.8 cm³/mol. The summed E-state index contributed by atoms with van der Waals surface area (Å²) in [5, 5.41) is 4.89. The molecule has 0 N–H and O–H groups in total. The molecule has 0 spiro atoms. The van der Waals surface area contributed by atoms with E-state index < -0.39 is 0 Å². The number of thioether (sulfide) groups is 1. The van der Waals surface area contributed by atoms with Crippen LogP contribution in [0.2, 0.25) is 0 Å². The third-order valence-corrected chi connectivity index (χ3v) is 6.84. The molecule has 5 rings (SSSR count). The second-order valence-corrected chi connectivity index (χ2v) is 7.96. The van der Waals surface area contributed by atoms with Crippen molar-refractivity contribution >= 4 is 44.0 Å². The lowest BCUT2D eigenvalue weighted by Crippen LogP contribution is -2.20. The average Bonchev–Trinajstić information content (AvgIpc) is 2.97. The normalized spacial score (nSPS) is 21.4. The quantitative estimate of drug-likeness (QED) is 0.798. The minimum Gasteiger partial charge on any atom is -0.318 e. The molecule has 2 aliphatic heterocycles. The molecule has 21 heavy (non-hydrogen) atoms. The molecular formula is C17H16N2S2. The smallest absolute Gasteiger partial charge is 0.168 e. The van der Waals surface area contributed by atoms with Crippen molar-refractivity contribution in [1.29, 1.82) is 0 Å². The zero-order valence-electron chi connectivity index (χ0n) is 11.9. The Hall–Kier alpha value is -1.26. The molecule has 1 saturated carbocycles. The fourth-order valence-corrected chi connectivity index (χ4v) is 5.58. The van der Waals surface area contributed by atoms with Gasteiger partial charge in [0.15, 0.2) is 5.17 Å². The molecule has 106 valence electrons. The SMILES string of the molecule is Cc1csc2cc(C3=C(C4CC4)SC4=NCCN43)ccc12. The maximum absolute atomic E-state index is 4.67. The van der Waals surface area contributed by atoms with Gasteiger partial charge in [0.1, 0.15) is 0 Å². The first-order valence-electron chi connectivity index (χ1n) is 7.53. The molecule has 0 amide bonds. The molecule has 3 heterocycles. The Balaban J connectivity index is 1.68. The number of thiophene rings is 1. The Labute approximate surface area is 132 Å². The first-order valence-corrected chi connectivity index (χ1v) is 9.23. The third-order valence-electron chi connectivity index (χ3n) is 4.50. The topological polar surface area (TPSA) is 15.6 Å². The highest BCUT2D eigenvalue weighted by atomic mass is 32.2. The number of hydrogen-bond donors (Lipinski definition) is 0. The van der Waals surface area contributed by atoms with Gasteiger partial charge in [0.25, 0.3) is 0 Å². The van der Waals surface area contributed by atoms with Crippen LogP contribution in [0.4, 0.5) is 0 Å². The van der Waals surface area contributed by atoms with Crippen molar-refractivity contribution in [1.82, 2.24) is 4.90 Å². The molecule has 0 bridgehead atoms. The Morgan fingerprint density at radius 1 is 1.29 bits per heavy atom. The van der Waals surface area contributed by atoms with Gasteiger partial charge in [-0.15, -0.1) is 11.3 Å². The van der Waals surface area contributed by atoms with E-state index in [1.54, 1.807) is 4.91 Å². The summed E-state index contributed by atoms with van der Waals surface area (Å²) < 4.78 is 1.40. The lowest BCUT2D eigenvalue weighted by Gasteiger charge is -2.17. The second kappa shape index (κ2) is 4.37. The van der Waals surface area contributed by atoms with Crippen LogP contribution >= 0.6 is 23.1 Å². The molecule has 1 aliphatic carbocycles. The second-order valence-electron chi connectivity index (χ2n) is 6.03. The minimum absolute atomic E-state index is 0.791. The average molecular weight is 312 g/mol. The zero-order chi connectivity index (χ0) is 14.0. The summed E-state index contributed by atoms with van der Waals surface area (Å²) in [6.07, 6.45) is 2.71. The van der Waals surface area contributed by atoms with E-state index in [1.165, 1.54) is 44.9 Å². The van der Waals surface area contributed by atoms with Crippen molar-refractivity contribution < 1.29 is 0 Å². The van der Waals surface area contributed by atoms with Crippen molar-refractivity contribution in [2.75, 3.05) is 13.1 Å². The number of amidine groups is 1. The van der Waals surface area contributed by atoms with Crippen molar-refractivity contribution in [3.63, 3.8) is 0 Å². The maximum atomic E-state index is 4.67. The van der Waals surface area contributed by atoms with Crippen LogP contribution in [0.3, 0.4) is 0 Å². The molecule has 0 atom stereocenters. The van der Waals surface area contributed by atoms with Crippen LogP contribution in [0.5, 0.6) is 0 Å². The van der Waals surface area contributed by atoms with Gasteiger partial charge in [-0.2, -0.15) is 0 Å². The molecule has 2 aromatic rings. The highest BCUT2D eigenvalue weighted by molar-refractivity contribution is 8.17. The lowest BCUT2D eigenvalue weighted by molar-refractivity contribution is 0.645. The van der Waals surface area contributed by atoms with E-state index in [0.29, 0.717) is 0 Å². The Kier molecular flexibility index (Phi) is 2.56. The van der Waals surface area contributed by atoms with E-state index in [4.69, 9.17) is 0 Å². The fourth-order valence-electron chi connectivity index (χ4n) is 3.23. The van der Waals surface area contributed by atoms with E-state index in [0.717, 1.165) is 19.0 Å². The van der Waals surface area contributed by atoms with Gasteiger partial charge in [-0.3, -0.25) is 4.99 Å². The monoisotopic (exact) mass is 312 g/mol. The summed E-state index contributed by atoms with van der Waals surface area (Å²) in [7, 11) is 0. The Bertz CT molecular complexity index is 811. The molecule has 2 nitrogen and oxygen atoms in total. The molecule has 0 unspecified atom stereocenters. The number of aryl methyl sites for hydroxylation is 1. The third kappa shape index (κ3) is 1.82. The van der Waals surface area contributed by atoms with Crippen molar-refractivity contribution in [2.24, 2.45) is 10.9 Å². The molecule has 1 aromatic heterocycles. The summed E-state index contributed by atoms with van der Waals surface area (Å²) in [5.41, 5.74) is 4.22. The zero-order valence-corrected chi connectivity index (χ0v) is 13.6. The predicted octanol–water partition coefficient (Wildman–Crippen LogP) is 4.71. The van der Waals surface area contributed by atoms with Crippen molar-refractivity contribution in [3.05, 3.63) is 39.6 Å². The molecule has 1 fully saturated rings. The standard InChI is InChI=1S/C17H16N2S2/c1-10-9-20-14-8-12(4-5-13(10)14)15-16(11-2-3-11)21-17-18-6-7-19(15)17/h4-5,8-9,11H,2-3,6-7H2,1H3. The van der Waals surface area contributed by atoms with E-state index in [2.05, 4.69) is 40.4 Å². The van der Waals surface area contributed by atoms with E-state index in [-0.39, 0.29) is 0 Å². The van der Waals surface area contributed by atoms with Gasteiger partial charge in [0, 0.05) is 21.7 Å². The highest BCUT2D eigenvalue weighted by Crippen LogP contribution is 2.52. The molecule has 1 aromatic carbocycles. The van der Waals surface area contributed by atoms with Gasteiger partial charge < -0.3 is 4.90 Å². The molecular weight excluding hydrogens is 296 g/mol. The van der Waals surface area contributed by atoms with Gasteiger partial charge in [0.2, 0.25) is 0 Å². The molecule has 3 aliphatic rings. The van der Waals surface area contributed by atoms with Gasteiger partial charge in [0.05, 0.1) is 12.2 Å². The number of aliphatic imine (C=N–C) groups is 1. The molecule has 0 radical (unpaired) electrons. The Morgan fingerprint density at radius 2 is 2.19 bits per heavy atom. The minimum atomic E-state index is 0.791. The van der Waals surface area contributed by atoms with Crippen LogP contribution in [0.1, 0.15) is 24.0 Å². The van der Waals surface area contributed by atoms with Gasteiger partial charge >= 0.3 is 0 Å². The van der Waals surface area contributed by atoms with Crippen molar-refractivity contribution in [3.8, 4) is 0 Å². The van der Waals surface area contributed by atoms with Crippen molar-refractivity contribution in [2.45, 2.75) is 19.8 Å². The van der Waals surface area contributed by atoms with Gasteiger partial charge in [-0.1, -0.05) is 23.9 Å². The van der Waals surface area contributed by atoms with Crippen LogP contribution in [-0.4, -0.2) is 23.2 Å². The summed E-state index contributed by atoms with van der Waals surface area (Å²) in [6, 6.07) is 6.98. The van der Waals surface area contributed by atoms with E-state index in [9.17, 15) is 0 Å². The number of benzene rings is 1. The molecule has 4 heteroatoms. The lowest BCUT2D eigenvalue weighted by atomic mass is 10.1. The largest absolute Gasteiger partial charge is 0.318 e. The summed E-state index contributed by atoms with van der Waals surface area (Å²) >= 11 is 3.78. The number of nitrogens with zero attached hydrogens (tertiary/aromatic N) is 2. The van der Waals surface area contributed by atoms with E-state index >= 15 is 0 Å². The van der Waals surface area contributed by atoms with Crippen LogP contribution in [0.25, 0.3) is 15.8 Å². The Morgan fingerprint density at radius 3 is 3.05 bits per heavy atom. The van der Waals surface area contributed by atoms with Gasteiger partial charge in [-0.25, -0.2) is 0 Å². The van der Waals surface area contributed by atoms with Crippen LogP contribution < -0.4 is 0 Å². The van der Waals surface area contributed by atoms with Crippen LogP contribution in [0, 0.1) is 12.8 Å². The first-order chi connectivity index (χ1) is 10.3. The van der Waals surface area contributed by atoms with Crippen LogP contribution in [0.15, 0.2) is 33.5 Å². The first kappa shape index (κ1) is 12.3. The summed E-state index contributed by atoms with van der Waals surface area (Å²) in [5.74, 6) is 0.791. The highest BCUT2D eigenvalue weighted by Gasteiger charge is 2.40. The fraction of sp³-hybridized carbons (Fsp3) is 0.353. The number of hydrogen-bond acceptors (Lipinski definition) is 4. The number of allylic oxidation sites excluding steroid dienone is 1. The molecule has 0 saturated heterocycles.